The van der Waals surface area contributed by atoms with Gasteiger partial charge in [-0.25, -0.2) is 9.78 Å². The quantitative estimate of drug-likeness (QED) is 0.246. The molecule has 0 aromatic carbocycles. The molecule has 13 heteroatoms. The van der Waals surface area contributed by atoms with E-state index in [4.69, 9.17) is 10.8 Å². The molecule has 10 nitrogen and oxygen atoms in total. The van der Waals surface area contributed by atoms with Crippen LogP contribution in [0.5, 0.6) is 0 Å². The van der Waals surface area contributed by atoms with Gasteiger partial charge in [0, 0.05) is 40.7 Å². The van der Waals surface area contributed by atoms with Crippen LogP contribution in [0.25, 0.3) is 0 Å². The molecular formula is C13H13N5NaO5S2. The Bertz CT molecular complexity index is 811. The zero-order valence-electron chi connectivity index (χ0n) is 13.8. The van der Waals surface area contributed by atoms with Crippen LogP contribution in [0.4, 0.5) is 5.13 Å². The molecule has 0 unspecified atom stereocenters. The molecule has 2 aliphatic rings. The maximum absolute atomic E-state index is 12.5. The number of nitrogens with zero attached hydrogens (tertiary/aromatic N) is 3. The minimum Gasteiger partial charge on any atom is -0.477 e. The predicted octanol–water partition coefficient (Wildman–Crippen LogP) is -0.937. The zero-order chi connectivity index (χ0) is 18.1. The third-order valence-electron chi connectivity index (χ3n) is 3.51. The number of nitrogen functional groups attached to an aromatic ring is 1. The normalized spacial score (nSPS) is 21.7. The van der Waals surface area contributed by atoms with E-state index in [9.17, 15) is 14.4 Å². The number of aliphatic carboxylic acids is 1. The summed E-state index contributed by atoms with van der Waals surface area (Å²) in [7, 11) is 1.28. The number of amides is 2. The number of carboxylic acids is 1. The van der Waals surface area contributed by atoms with Crippen molar-refractivity contribution in [1.29, 1.82) is 0 Å². The van der Waals surface area contributed by atoms with Crippen molar-refractivity contribution >= 4 is 81.3 Å². The van der Waals surface area contributed by atoms with Crippen LogP contribution < -0.4 is 11.1 Å². The maximum atomic E-state index is 12.5. The first-order valence-electron chi connectivity index (χ1n) is 6.95. The number of carbonyl (C=O) groups is 3. The smallest absolute Gasteiger partial charge is 0.352 e. The number of anilines is 1. The molecule has 0 saturated carbocycles. The van der Waals surface area contributed by atoms with Crippen molar-refractivity contribution in [3.63, 3.8) is 0 Å². The summed E-state index contributed by atoms with van der Waals surface area (Å²) in [6, 6.07) is -0.849. The van der Waals surface area contributed by atoms with Crippen molar-refractivity contribution in [2.75, 3.05) is 18.6 Å². The number of rotatable bonds is 5. The van der Waals surface area contributed by atoms with E-state index in [1.807, 2.05) is 0 Å². The second kappa shape index (κ2) is 8.39. The van der Waals surface area contributed by atoms with Crippen LogP contribution >= 0.6 is 23.1 Å². The van der Waals surface area contributed by atoms with E-state index < -0.39 is 29.2 Å². The number of oxime groups is 1. The molecule has 133 valence electrons. The number of hydrogen-bond acceptors (Lipinski definition) is 9. The van der Waals surface area contributed by atoms with Crippen molar-refractivity contribution in [1.82, 2.24) is 15.2 Å². The summed E-state index contributed by atoms with van der Waals surface area (Å²) in [5.41, 5.74) is 5.60. The Labute approximate surface area is 178 Å². The number of nitrogens with one attached hydrogen (secondary N) is 1. The Hall–Kier alpha value is -1.60. The van der Waals surface area contributed by atoms with E-state index in [-0.39, 0.29) is 51.8 Å². The van der Waals surface area contributed by atoms with Crippen molar-refractivity contribution in [3.8, 4) is 0 Å². The van der Waals surface area contributed by atoms with Crippen LogP contribution in [-0.4, -0.2) is 92.3 Å². The first-order chi connectivity index (χ1) is 11.9. The van der Waals surface area contributed by atoms with Gasteiger partial charge >= 0.3 is 5.97 Å². The second-order valence-electron chi connectivity index (χ2n) is 4.97. The first-order valence-corrected chi connectivity index (χ1v) is 8.88. The summed E-state index contributed by atoms with van der Waals surface area (Å²) in [4.78, 5) is 45.7. The van der Waals surface area contributed by atoms with Gasteiger partial charge in [-0.2, -0.15) is 0 Å². The monoisotopic (exact) mass is 406 g/mol. The van der Waals surface area contributed by atoms with Crippen LogP contribution in [0.1, 0.15) is 5.69 Å². The van der Waals surface area contributed by atoms with Crippen molar-refractivity contribution in [2.24, 2.45) is 5.16 Å². The van der Waals surface area contributed by atoms with Gasteiger partial charge in [-0.3, -0.25) is 14.5 Å². The van der Waals surface area contributed by atoms with Crippen LogP contribution in [0.15, 0.2) is 22.3 Å². The molecule has 26 heavy (non-hydrogen) atoms. The Morgan fingerprint density at radius 3 is 2.85 bits per heavy atom. The van der Waals surface area contributed by atoms with Crippen LogP contribution in [-0.2, 0) is 19.2 Å². The molecule has 0 aliphatic carbocycles. The number of carbonyl (C=O) groups excluding carboxylic acids is 2. The molecule has 1 aromatic rings. The second-order valence-corrected chi connectivity index (χ2v) is 7.01. The minimum absolute atomic E-state index is 0. The first kappa shape index (κ1) is 20.7. The van der Waals surface area contributed by atoms with Gasteiger partial charge in [0.05, 0.1) is 0 Å². The Morgan fingerprint density at radius 1 is 1.54 bits per heavy atom. The van der Waals surface area contributed by atoms with E-state index in [1.54, 1.807) is 5.38 Å². The molecule has 4 N–H and O–H groups in total. The number of hydrogen-bond donors (Lipinski definition) is 3. The topological polar surface area (TPSA) is 147 Å². The van der Waals surface area contributed by atoms with Gasteiger partial charge in [0.15, 0.2) is 10.8 Å². The zero-order valence-corrected chi connectivity index (χ0v) is 17.5. The van der Waals surface area contributed by atoms with E-state index in [0.29, 0.717) is 5.75 Å². The van der Waals surface area contributed by atoms with E-state index in [2.05, 4.69) is 20.3 Å². The van der Waals surface area contributed by atoms with E-state index >= 15 is 0 Å². The van der Waals surface area contributed by atoms with Crippen molar-refractivity contribution in [3.05, 3.63) is 22.8 Å². The van der Waals surface area contributed by atoms with Gasteiger partial charge in [0.1, 0.15) is 29.9 Å². The summed E-state index contributed by atoms with van der Waals surface area (Å²) >= 11 is 2.49. The Morgan fingerprint density at radius 2 is 2.27 bits per heavy atom. The van der Waals surface area contributed by atoms with Gasteiger partial charge < -0.3 is 21.0 Å². The average Bonchev–Trinajstić information content (AvgIpc) is 3.02. The Balaban J connectivity index is 0.00000243. The number of thioether (sulfide) groups is 1. The number of β-lactam (4-membered cyclic amide) rings is 1. The van der Waals surface area contributed by atoms with E-state index in [0.717, 1.165) is 16.2 Å². The fraction of sp³-hybridized carbons (Fsp3) is 0.308. The molecule has 0 spiro atoms. The fourth-order valence-corrected chi connectivity index (χ4v) is 4.18. The molecule has 1 fully saturated rings. The molecule has 3 rings (SSSR count). The SMILES string of the molecule is CO/N=C(\C(=O)N[C@@H]1C(=O)N2C(C(=O)O)=CCS[C@H]12)c1csc(N)n1.[Na]. The standard InChI is InChI=1S/C13H13N5O5S2.Na/c1-23-17-7(5-4-25-13(14)15-5)9(19)16-8-10(20)18-6(12(21)22)2-3-24-11(8)18;/h2,4,8,11H,3H2,1H3,(H2,14,15)(H,16,19)(H,21,22);/b17-7-;/t8-,11-;/m1./s1. The number of fused-ring (bicyclic) bond motifs is 1. The number of nitrogens with two attached hydrogens (primary N) is 1. The third kappa shape index (κ3) is 3.74. The van der Waals surface area contributed by atoms with Crippen LogP contribution in [0.2, 0.25) is 0 Å². The maximum Gasteiger partial charge on any atom is 0.352 e. The molecule has 2 atom stereocenters. The van der Waals surface area contributed by atoms with Crippen molar-refractivity contribution in [2.45, 2.75) is 11.4 Å². The van der Waals surface area contributed by atoms with Gasteiger partial charge in [-0.05, 0) is 6.08 Å². The molecule has 2 aliphatic heterocycles. The fourth-order valence-electron chi connectivity index (χ4n) is 2.44. The van der Waals surface area contributed by atoms with Crippen LogP contribution in [0.3, 0.4) is 0 Å². The Kier molecular flexibility index (Phi) is 6.69. The summed E-state index contributed by atoms with van der Waals surface area (Å²) in [5.74, 6) is -1.89. The van der Waals surface area contributed by atoms with Crippen LogP contribution in [0, 0.1) is 0 Å². The molecular weight excluding hydrogens is 393 g/mol. The third-order valence-corrected chi connectivity index (χ3v) is 5.37. The molecule has 1 radical (unpaired) electrons. The minimum atomic E-state index is -1.18. The number of thiazole rings is 1. The number of aromatic nitrogens is 1. The molecule has 0 bridgehead atoms. The molecule has 1 aromatic heterocycles. The summed E-state index contributed by atoms with van der Waals surface area (Å²) in [6.45, 7) is 0. The summed E-state index contributed by atoms with van der Waals surface area (Å²) in [6.07, 6.45) is 1.47. The summed E-state index contributed by atoms with van der Waals surface area (Å²) < 4.78 is 0. The van der Waals surface area contributed by atoms with Gasteiger partial charge in [0.25, 0.3) is 11.8 Å². The number of carboxylic acid groups (broad SMARTS) is 1. The molecule has 3 heterocycles. The van der Waals surface area contributed by atoms with E-state index in [1.165, 1.54) is 24.9 Å². The van der Waals surface area contributed by atoms with Crippen molar-refractivity contribution < 1.29 is 24.3 Å². The molecule has 1 saturated heterocycles. The average molecular weight is 406 g/mol. The summed E-state index contributed by atoms with van der Waals surface area (Å²) in [5, 5.41) is 16.7. The molecule has 2 amide bonds. The van der Waals surface area contributed by atoms with Gasteiger partial charge in [-0.15, -0.1) is 23.1 Å². The predicted molar refractivity (Wildman–Crippen MR) is 96.6 cm³/mol. The van der Waals surface area contributed by atoms with Gasteiger partial charge in [-0.1, -0.05) is 5.16 Å². The van der Waals surface area contributed by atoms with Gasteiger partial charge in [0.2, 0.25) is 0 Å². The largest absolute Gasteiger partial charge is 0.477 e.